The fraction of sp³-hybridized carbons (Fsp3) is 0.450. The van der Waals surface area contributed by atoms with Crippen LogP contribution in [0.2, 0.25) is 17.3 Å². The van der Waals surface area contributed by atoms with Crippen LogP contribution in [0.5, 0.6) is 0 Å². The number of benzene rings is 1. The van der Waals surface area contributed by atoms with E-state index in [0.717, 1.165) is 0 Å². The molecule has 0 spiro atoms. The van der Waals surface area contributed by atoms with Crippen LogP contribution in [0.4, 0.5) is 0 Å². The number of pyridine rings is 1. The van der Waals surface area contributed by atoms with E-state index in [4.69, 9.17) is 0 Å². The number of aromatic nitrogens is 1. The molecule has 0 radical (unpaired) electrons. The Bertz CT molecular complexity index is 694. The minimum atomic E-state index is -1.81. The summed E-state index contributed by atoms with van der Waals surface area (Å²) in [6, 6.07) is 9.27. The summed E-state index contributed by atoms with van der Waals surface area (Å²) >= 11 is -1.81. The van der Waals surface area contributed by atoms with Gasteiger partial charge in [-0.05, 0) is 0 Å². The van der Waals surface area contributed by atoms with Crippen LogP contribution >= 0.6 is 0 Å². The van der Waals surface area contributed by atoms with E-state index in [1.54, 1.807) is 4.40 Å². The van der Waals surface area contributed by atoms with E-state index in [9.17, 15) is 0 Å². The van der Waals surface area contributed by atoms with Crippen molar-refractivity contribution in [1.82, 2.24) is 0 Å². The Hall–Kier alpha value is -1.09. The van der Waals surface area contributed by atoms with Gasteiger partial charge in [0.2, 0.25) is 0 Å². The summed E-state index contributed by atoms with van der Waals surface area (Å²) < 4.78 is 3.93. The molecular weight excluding hydrogens is 327 g/mol. The van der Waals surface area contributed by atoms with Gasteiger partial charge < -0.3 is 0 Å². The Morgan fingerprint density at radius 2 is 1.59 bits per heavy atom. The van der Waals surface area contributed by atoms with Gasteiger partial charge in [-0.2, -0.15) is 0 Å². The first kappa shape index (κ1) is 17.3. The first-order valence-electron chi connectivity index (χ1n) is 8.23. The van der Waals surface area contributed by atoms with Crippen LogP contribution in [0.25, 0.3) is 11.3 Å². The zero-order valence-corrected chi connectivity index (χ0v) is 17.5. The van der Waals surface area contributed by atoms with Crippen LogP contribution in [-0.4, -0.2) is 13.3 Å². The number of rotatable bonds is 3. The van der Waals surface area contributed by atoms with Crippen molar-refractivity contribution >= 4 is 17.7 Å². The predicted octanol–water partition coefficient (Wildman–Crippen LogP) is 4.46. The molecule has 1 nitrogen and oxygen atoms in total. The SMILES string of the molecule is Cc1ccc(C(C)C)cc1-c1cc(C)[c]([Ge]([CH3])([CH3])[CH3])c[n+]1C. The van der Waals surface area contributed by atoms with Crippen molar-refractivity contribution < 1.29 is 4.57 Å². The van der Waals surface area contributed by atoms with Gasteiger partial charge in [0, 0.05) is 0 Å². The van der Waals surface area contributed by atoms with Gasteiger partial charge in [-0.1, -0.05) is 0 Å². The fourth-order valence-electron chi connectivity index (χ4n) is 3.08. The second-order valence-electron chi connectivity index (χ2n) is 7.85. The molecule has 0 unspecified atom stereocenters. The fourth-order valence-corrected chi connectivity index (χ4v) is 6.93. The van der Waals surface area contributed by atoms with Crippen LogP contribution in [0, 0.1) is 13.8 Å². The molecule has 0 amide bonds. The minimum absolute atomic E-state index is 0.564. The maximum absolute atomic E-state index is 2.46. The van der Waals surface area contributed by atoms with Gasteiger partial charge in [-0.25, -0.2) is 0 Å². The average Bonchev–Trinajstić information content (AvgIpc) is 2.40. The molecule has 2 aromatic rings. The molecular formula is C20H30GeN+. The normalized spacial score (nSPS) is 12.0. The molecule has 0 saturated carbocycles. The van der Waals surface area contributed by atoms with Crippen molar-refractivity contribution in [3.05, 3.63) is 47.2 Å². The van der Waals surface area contributed by atoms with E-state index in [0.29, 0.717) is 5.92 Å². The molecule has 0 aliphatic heterocycles. The summed E-state index contributed by atoms with van der Waals surface area (Å²) in [5, 5.41) is 0. The quantitative estimate of drug-likeness (QED) is 0.564. The summed E-state index contributed by atoms with van der Waals surface area (Å²) in [5.74, 6) is 7.96. The predicted molar refractivity (Wildman–Crippen MR) is 99.6 cm³/mol. The molecule has 118 valence electrons. The molecule has 1 aromatic carbocycles. The van der Waals surface area contributed by atoms with Crippen molar-refractivity contribution in [2.75, 3.05) is 0 Å². The number of aryl methyl sites for hydroxylation is 3. The number of hydrogen-bond donors (Lipinski definition) is 0. The van der Waals surface area contributed by atoms with E-state index in [-0.39, 0.29) is 0 Å². The standard InChI is InChI=1S/C20H30GeN/c1-14(2)17-10-9-15(3)18(12-17)20-11-16(4)19(13-22(20)8)21(5,6)7/h9-14H,1-8H3/q+1. The molecule has 0 saturated heterocycles. The second-order valence-corrected chi connectivity index (χ2v) is 18.4. The van der Waals surface area contributed by atoms with Gasteiger partial charge in [0.15, 0.2) is 0 Å². The topological polar surface area (TPSA) is 3.88 Å². The van der Waals surface area contributed by atoms with Crippen molar-refractivity contribution in [3.63, 3.8) is 0 Å². The molecule has 22 heavy (non-hydrogen) atoms. The molecule has 0 aliphatic carbocycles. The maximum atomic E-state index is 2.46. The monoisotopic (exact) mass is 358 g/mol. The molecule has 2 rings (SSSR count). The third-order valence-electron chi connectivity index (χ3n) is 4.49. The van der Waals surface area contributed by atoms with Crippen LogP contribution in [0.1, 0.15) is 36.5 Å². The third-order valence-corrected chi connectivity index (χ3v) is 8.98. The van der Waals surface area contributed by atoms with Crippen molar-refractivity contribution in [2.45, 2.75) is 50.9 Å². The summed E-state index contributed by atoms with van der Waals surface area (Å²) in [4.78, 5) is 0. The van der Waals surface area contributed by atoms with Gasteiger partial charge >= 0.3 is 139 Å². The van der Waals surface area contributed by atoms with E-state index in [1.165, 1.54) is 27.9 Å². The van der Waals surface area contributed by atoms with E-state index in [2.05, 4.69) is 87.0 Å². The van der Waals surface area contributed by atoms with Gasteiger partial charge in [0.25, 0.3) is 0 Å². The molecule has 0 fully saturated rings. The van der Waals surface area contributed by atoms with Gasteiger partial charge in [-0.3, -0.25) is 0 Å². The Morgan fingerprint density at radius 3 is 2.14 bits per heavy atom. The summed E-state index contributed by atoms with van der Waals surface area (Å²) in [6.07, 6.45) is 2.38. The van der Waals surface area contributed by atoms with Crippen molar-refractivity contribution in [3.8, 4) is 11.3 Å². The Balaban J connectivity index is 2.64. The van der Waals surface area contributed by atoms with Crippen LogP contribution in [-0.2, 0) is 7.05 Å². The Labute approximate surface area is 138 Å². The third kappa shape index (κ3) is 3.45. The molecule has 2 heteroatoms. The second kappa shape index (κ2) is 6.19. The molecule has 1 heterocycles. The molecule has 0 bridgehead atoms. The molecule has 1 aromatic heterocycles. The van der Waals surface area contributed by atoms with Crippen LogP contribution in [0.15, 0.2) is 30.5 Å². The van der Waals surface area contributed by atoms with Gasteiger partial charge in [0.1, 0.15) is 0 Å². The summed E-state index contributed by atoms with van der Waals surface area (Å²) in [7, 11) is 2.19. The van der Waals surface area contributed by atoms with E-state index >= 15 is 0 Å². The summed E-state index contributed by atoms with van der Waals surface area (Å²) in [6.45, 7) is 9.01. The molecule has 0 N–H and O–H groups in total. The number of nitrogens with zero attached hydrogens (tertiary/aromatic N) is 1. The first-order valence-corrected chi connectivity index (χ1v) is 15.6. The first-order chi connectivity index (χ1) is 10.1. The van der Waals surface area contributed by atoms with Gasteiger partial charge in [-0.15, -0.1) is 0 Å². The van der Waals surface area contributed by atoms with E-state index in [1.807, 2.05) is 0 Å². The van der Waals surface area contributed by atoms with Crippen molar-refractivity contribution in [2.24, 2.45) is 7.05 Å². The van der Waals surface area contributed by atoms with Gasteiger partial charge in [0.05, 0.1) is 0 Å². The van der Waals surface area contributed by atoms with Crippen LogP contribution in [0.3, 0.4) is 0 Å². The Kier molecular flexibility index (Phi) is 4.86. The van der Waals surface area contributed by atoms with Crippen LogP contribution < -0.4 is 8.96 Å². The number of hydrogen-bond acceptors (Lipinski definition) is 0. The summed E-state index contributed by atoms with van der Waals surface area (Å²) in [5.41, 5.74) is 6.91. The Morgan fingerprint density at radius 1 is 0.955 bits per heavy atom. The molecule has 0 atom stereocenters. The van der Waals surface area contributed by atoms with Crippen molar-refractivity contribution in [1.29, 1.82) is 0 Å². The van der Waals surface area contributed by atoms with E-state index < -0.39 is 13.3 Å². The molecule has 0 aliphatic rings. The zero-order valence-electron chi connectivity index (χ0n) is 15.4. The zero-order chi connectivity index (χ0) is 16.7. The average molecular weight is 357 g/mol.